The Morgan fingerprint density at radius 3 is 2.71 bits per heavy atom. The second kappa shape index (κ2) is 3.78. The third kappa shape index (κ3) is 1.64. The molecule has 0 amide bonds. The van der Waals surface area contributed by atoms with Gasteiger partial charge in [0.1, 0.15) is 11.0 Å². The molecule has 3 aromatic heterocycles. The third-order valence-corrected chi connectivity index (χ3v) is 2.75. The van der Waals surface area contributed by atoms with Crippen LogP contribution < -0.4 is 0 Å². The van der Waals surface area contributed by atoms with Gasteiger partial charge in [-0.15, -0.1) is 0 Å². The highest BCUT2D eigenvalue weighted by Crippen LogP contribution is 2.23. The number of hydrogen-bond acceptors (Lipinski definition) is 4. The Morgan fingerprint density at radius 2 is 1.94 bits per heavy atom. The summed E-state index contributed by atoms with van der Waals surface area (Å²) < 4.78 is 1.66. The smallest absolute Gasteiger partial charge is 0.161 e. The van der Waals surface area contributed by atoms with Crippen LogP contribution in [0.15, 0.2) is 30.7 Å². The number of aromatic nitrogens is 5. The number of fused-ring (bicyclic) bond motifs is 1. The van der Waals surface area contributed by atoms with Crippen molar-refractivity contribution in [2.75, 3.05) is 0 Å². The minimum Gasteiger partial charge on any atom is -0.265 e. The van der Waals surface area contributed by atoms with Gasteiger partial charge in [-0.05, 0) is 12.1 Å². The van der Waals surface area contributed by atoms with E-state index in [0.29, 0.717) is 11.0 Å². The Kier molecular flexibility index (Phi) is 2.26. The van der Waals surface area contributed by atoms with Crippen LogP contribution >= 0.6 is 11.6 Å². The number of nitrogens with zero attached hydrogens (tertiary/aromatic N) is 5. The number of pyridine rings is 1. The van der Waals surface area contributed by atoms with Gasteiger partial charge in [0, 0.05) is 25.0 Å². The standard InChI is InChI=1S/C11H8ClN5/c1-17-9-8(6-14-17)15-11(16-10(9)12)7-2-4-13-5-3-7/h2-6H,1H3. The van der Waals surface area contributed by atoms with Gasteiger partial charge in [0.15, 0.2) is 11.0 Å². The van der Waals surface area contributed by atoms with Crippen molar-refractivity contribution >= 4 is 22.6 Å². The summed E-state index contributed by atoms with van der Waals surface area (Å²) in [6.07, 6.45) is 5.06. The lowest BCUT2D eigenvalue weighted by Gasteiger charge is -2.01. The lowest BCUT2D eigenvalue weighted by molar-refractivity contribution is 0.795. The molecule has 5 nitrogen and oxygen atoms in total. The highest BCUT2D eigenvalue weighted by Gasteiger charge is 2.10. The fourth-order valence-corrected chi connectivity index (χ4v) is 1.96. The molecule has 0 saturated carbocycles. The van der Waals surface area contributed by atoms with Gasteiger partial charge in [-0.1, -0.05) is 11.6 Å². The zero-order chi connectivity index (χ0) is 11.8. The molecular formula is C11H8ClN5. The minimum atomic E-state index is 0.404. The predicted octanol–water partition coefficient (Wildman–Crippen LogP) is 2.08. The van der Waals surface area contributed by atoms with E-state index in [0.717, 1.165) is 16.6 Å². The van der Waals surface area contributed by atoms with Crippen molar-refractivity contribution < 1.29 is 0 Å². The first-order valence-corrected chi connectivity index (χ1v) is 5.39. The Hall–Kier alpha value is -2.01. The van der Waals surface area contributed by atoms with Crippen LogP contribution in [0.3, 0.4) is 0 Å². The summed E-state index contributed by atoms with van der Waals surface area (Å²) in [5, 5.41) is 4.51. The van der Waals surface area contributed by atoms with E-state index < -0.39 is 0 Å². The van der Waals surface area contributed by atoms with Crippen molar-refractivity contribution in [3.63, 3.8) is 0 Å². The van der Waals surface area contributed by atoms with Crippen molar-refractivity contribution in [1.29, 1.82) is 0 Å². The molecule has 0 spiro atoms. The summed E-state index contributed by atoms with van der Waals surface area (Å²) in [7, 11) is 1.81. The molecular weight excluding hydrogens is 238 g/mol. The van der Waals surface area contributed by atoms with Crippen LogP contribution in [0.5, 0.6) is 0 Å². The molecule has 3 aromatic rings. The maximum absolute atomic E-state index is 6.13. The Balaban J connectivity index is 2.26. The van der Waals surface area contributed by atoms with Crippen LogP contribution in [0.1, 0.15) is 0 Å². The summed E-state index contributed by atoms with van der Waals surface area (Å²) >= 11 is 6.13. The second-order valence-electron chi connectivity index (χ2n) is 3.58. The first kappa shape index (κ1) is 10.2. The largest absolute Gasteiger partial charge is 0.265 e. The number of aryl methyl sites for hydroxylation is 1. The fraction of sp³-hybridized carbons (Fsp3) is 0.0909. The summed E-state index contributed by atoms with van der Waals surface area (Å²) in [6, 6.07) is 3.68. The van der Waals surface area contributed by atoms with Gasteiger partial charge in [0.25, 0.3) is 0 Å². The average Bonchev–Trinajstić information content (AvgIpc) is 2.73. The SMILES string of the molecule is Cn1ncc2nc(-c3ccncc3)nc(Cl)c21. The molecule has 0 aliphatic rings. The Bertz CT molecular complexity index is 677. The lowest BCUT2D eigenvalue weighted by Crippen LogP contribution is -1.95. The van der Waals surface area contributed by atoms with E-state index in [1.165, 1.54) is 0 Å². The van der Waals surface area contributed by atoms with Crippen LogP contribution in [0, 0.1) is 0 Å². The van der Waals surface area contributed by atoms with Crippen LogP contribution in [-0.4, -0.2) is 24.7 Å². The van der Waals surface area contributed by atoms with Crippen LogP contribution in [-0.2, 0) is 7.05 Å². The van der Waals surface area contributed by atoms with E-state index in [1.54, 1.807) is 23.3 Å². The van der Waals surface area contributed by atoms with Crippen molar-refractivity contribution in [2.45, 2.75) is 0 Å². The zero-order valence-electron chi connectivity index (χ0n) is 9.00. The molecule has 6 heteroatoms. The first-order chi connectivity index (χ1) is 8.25. The van der Waals surface area contributed by atoms with E-state index >= 15 is 0 Å². The molecule has 0 aliphatic carbocycles. The van der Waals surface area contributed by atoms with Gasteiger partial charge in [0.2, 0.25) is 0 Å². The summed E-state index contributed by atoms with van der Waals surface area (Å²) in [6.45, 7) is 0. The van der Waals surface area contributed by atoms with Gasteiger partial charge in [0.05, 0.1) is 6.20 Å². The molecule has 0 N–H and O–H groups in total. The number of rotatable bonds is 1. The molecule has 3 heterocycles. The Labute approximate surface area is 102 Å². The summed E-state index contributed by atoms with van der Waals surface area (Å²) in [5.74, 6) is 0.581. The number of halogens is 1. The van der Waals surface area contributed by atoms with E-state index in [-0.39, 0.29) is 0 Å². The molecule has 3 rings (SSSR count). The monoisotopic (exact) mass is 245 g/mol. The van der Waals surface area contributed by atoms with E-state index in [4.69, 9.17) is 11.6 Å². The fourth-order valence-electron chi connectivity index (χ4n) is 1.66. The van der Waals surface area contributed by atoms with Crippen LogP contribution in [0.4, 0.5) is 0 Å². The number of hydrogen-bond donors (Lipinski definition) is 0. The molecule has 0 fully saturated rings. The molecule has 0 atom stereocenters. The van der Waals surface area contributed by atoms with Crippen molar-refractivity contribution in [3.05, 3.63) is 35.9 Å². The van der Waals surface area contributed by atoms with Gasteiger partial charge in [-0.3, -0.25) is 9.67 Å². The second-order valence-corrected chi connectivity index (χ2v) is 3.93. The predicted molar refractivity (Wildman–Crippen MR) is 64.5 cm³/mol. The summed E-state index contributed by atoms with van der Waals surface area (Å²) in [4.78, 5) is 12.6. The van der Waals surface area contributed by atoms with Gasteiger partial charge in [-0.2, -0.15) is 5.10 Å². The lowest BCUT2D eigenvalue weighted by atomic mass is 10.2. The highest BCUT2D eigenvalue weighted by atomic mass is 35.5. The van der Waals surface area contributed by atoms with Crippen molar-refractivity contribution in [2.24, 2.45) is 7.05 Å². The van der Waals surface area contributed by atoms with E-state index in [2.05, 4.69) is 20.1 Å². The van der Waals surface area contributed by atoms with Crippen molar-refractivity contribution in [3.8, 4) is 11.4 Å². The van der Waals surface area contributed by atoms with Gasteiger partial charge >= 0.3 is 0 Å². The van der Waals surface area contributed by atoms with Crippen LogP contribution in [0.25, 0.3) is 22.4 Å². The maximum Gasteiger partial charge on any atom is 0.161 e. The zero-order valence-corrected chi connectivity index (χ0v) is 9.76. The quantitative estimate of drug-likeness (QED) is 0.616. The Morgan fingerprint density at radius 1 is 1.18 bits per heavy atom. The molecule has 0 radical (unpaired) electrons. The van der Waals surface area contributed by atoms with E-state index in [9.17, 15) is 0 Å². The molecule has 17 heavy (non-hydrogen) atoms. The third-order valence-electron chi connectivity index (χ3n) is 2.48. The first-order valence-electron chi connectivity index (χ1n) is 5.01. The van der Waals surface area contributed by atoms with Crippen LogP contribution in [0.2, 0.25) is 5.15 Å². The normalized spacial score (nSPS) is 10.9. The molecule has 84 valence electrons. The molecule has 0 aliphatic heterocycles. The molecule has 0 bridgehead atoms. The van der Waals surface area contributed by atoms with Gasteiger partial charge < -0.3 is 0 Å². The summed E-state index contributed by atoms with van der Waals surface area (Å²) in [5.41, 5.74) is 2.36. The minimum absolute atomic E-state index is 0.404. The molecule has 0 saturated heterocycles. The van der Waals surface area contributed by atoms with E-state index in [1.807, 2.05) is 19.2 Å². The molecule has 0 unspecified atom stereocenters. The van der Waals surface area contributed by atoms with Gasteiger partial charge in [-0.25, -0.2) is 9.97 Å². The molecule has 0 aromatic carbocycles. The maximum atomic E-state index is 6.13. The highest BCUT2D eigenvalue weighted by molar-refractivity contribution is 6.33. The topological polar surface area (TPSA) is 56.5 Å². The van der Waals surface area contributed by atoms with Crippen molar-refractivity contribution in [1.82, 2.24) is 24.7 Å². The average molecular weight is 246 g/mol.